The van der Waals surface area contributed by atoms with Crippen molar-refractivity contribution in [2.45, 2.75) is 39.0 Å². The van der Waals surface area contributed by atoms with Gasteiger partial charge in [-0.2, -0.15) is 0 Å². The van der Waals surface area contributed by atoms with Crippen molar-refractivity contribution in [1.82, 2.24) is 10.1 Å². The van der Waals surface area contributed by atoms with Crippen LogP contribution in [0.2, 0.25) is 0 Å². The van der Waals surface area contributed by atoms with E-state index in [0.29, 0.717) is 12.4 Å². The Balaban J connectivity index is 1.78. The van der Waals surface area contributed by atoms with Gasteiger partial charge in [0.15, 0.2) is 5.82 Å². The fourth-order valence-electron chi connectivity index (χ4n) is 4.44. The molecule has 0 aliphatic rings. The number of rotatable bonds is 9. The van der Waals surface area contributed by atoms with Gasteiger partial charge < -0.3 is 4.74 Å². The molecule has 1 unspecified atom stereocenters. The average molecular weight is 442 g/mol. The topological polar surface area (TPSA) is 68.1 Å². The standard InChI is InChI=1S/C28H29N2O3/c1-4-28(5-2,22-13-10-14-23(18-22)32-6-3)19-20-15-16-24(21-11-8-7-9-12-21)25(17-20)26-29-27(31)33-30-26/h4,7-18H,5-6,19H2,1-3H3,(H,29,30,31). The molecule has 1 aromatic heterocycles. The molecule has 0 saturated carbocycles. The number of benzene rings is 3. The molecule has 1 heterocycles. The number of aromatic nitrogens is 2. The van der Waals surface area contributed by atoms with Crippen molar-refractivity contribution >= 4 is 0 Å². The van der Waals surface area contributed by atoms with E-state index >= 15 is 0 Å². The second-order valence-electron chi connectivity index (χ2n) is 8.13. The molecule has 4 aromatic rings. The van der Waals surface area contributed by atoms with Gasteiger partial charge >= 0.3 is 5.76 Å². The zero-order valence-corrected chi connectivity index (χ0v) is 19.3. The molecule has 0 aliphatic carbocycles. The Morgan fingerprint density at radius 2 is 1.82 bits per heavy atom. The quantitative estimate of drug-likeness (QED) is 0.335. The maximum Gasteiger partial charge on any atom is 0.439 e. The van der Waals surface area contributed by atoms with Crippen LogP contribution >= 0.6 is 0 Å². The van der Waals surface area contributed by atoms with Gasteiger partial charge in [0.2, 0.25) is 0 Å². The van der Waals surface area contributed by atoms with Gasteiger partial charge in [-0.15, -0.1) is 0 Å². The summed E-state index contributed by atoms with van der Waals surface area (Å²) in [6, 6.07) is 24.8. The Labute approximate surface area is 194 Å². The Morgan fingerprint density at radius 1 is 1.00 bits per heavy atom. The molecule has 0 saturated heterocycles. The average Bonchev–Trinajstić information content (AvgIpc) is 3.29. The Bertz CT molecular complexity index is 1250. The minimum absolute atomic E-state index is 0.157. The van der Waals surface area contributed by atoms with Gasteiger partial charge in [0.05, 0.1) is 6.61 Å². The van der Waals surface area contributed by atoms with E-state index in [4.69, 9.17) is 9.26 Å². The van der Waals surface area contributed by atoms with Crippen molar-refractivity contribution in [2.24, 2.45) is 0 Å². The summed E-state index contributed by atoms with van der Waals surface area (Å²) in [5, 5.41) is 3.97. The maximum absolute atomic E-state index is 11.7. The van der Waals surface area contributed by atoms with Gasteiger partial charge in [0.1, 0.15) is 5.75 Å². The first-order valence-electron chi connectivity index (χ1n) is 11.4. The summed E-state index contributed by atoms with van der Waals surface area (Å²) in [6.07, 6.45) is 4.02. The molecule has 0 bridgehead atoms. The first-order chi connectivity index (χ1) is 16.1. The summed E-state index contributed by atoms with van der Waals surface area (Å²) in [4.78, 5) is 14.4. The lowest BCUT2D eigenvalue weighted by atomic mass is 9.71. The third kappa shape index (κ3) is 4.77. The van der Waals surface area contributed by atoms with Crippen LogP contribution in [-0.2, 0) is 11.8 Å². The van der Waals surface area contributed by atoms with Crippen LogP contribution in [0.4, 0.5) is 0 Å². The van der Waals surface area contributed by atoms with Crippen molar-refractivity contribution in [1.29, 1.82) is 0 Å². The Hall–Kier alpha value is -3.60. The number of ether oxygens (including phenoxy) is 1. The van der Waals surface area contributed by atoms with Crippen LogP contribution in [0.5, 0.6) is 5.75 Å². The van der Waals surface area contributed by atoms with Gasteiger partial charge in [-0.05, 0) is 66.6 Å². The van der Waals surface area contributed by atoms with E-state index in [1.54, 1.807) is 0 Å². The van der Waals surface area contributed by atoms with Gasteiger partial charge in [0.25, 0.3) is 0 Å². The van der Waals surface area contributed by atoms with Crippen LogP contribution in [0.1, 0.15) is 38.3 Å². The highest BCUT2D eigenvalue weighted by atomic mass is 16.5. The molecule has 0 spiro atoms. The second kappa shape index (κ2) is 9.90. The largest absolute Gasteiger partial charge is 0.494 e. The molecule has 33 heavy (non-hydrogen) atoms. The van der Waals surface area contributed by atoms with Crippen LogP contribution < -0.4 is 10.5 Å². The minimum Gasteiger partial charge on any atom is -0.494 e. The number of hydrogen-bond donors (Lipinski definition) is 1. The summed E-state index contributed by atoms with van der Waals surface area (Å²) in [7, 11) is 0. The van der Waals surface area contributed by atoms with Crippen molar-refractivity contribution in [3.05, 3.63) is 101 Å². The van der Waals surface area contributed by atoms with E-state index in [9.17, 15) is 4.79 Å². The number of nitrogens with one attached hydrogen (secondary N) is 1. The molecule has 1 N–H and O–H groups in total. The van der Waals surface area contributed by atoms with Crippen molar-refractivity contribution < 1.29 is 9.26 Å². The summed E-state index contributed by atoms with van der Waals surface area (Å²) in [6.45, 7) is 6.96. The van der Waals surface area contributed by atoms with E-state index in [1.165, 1.54) is 5.56 Å². The number of nitrogens with zero attached hydrogens (tertiary/aromatic N) is 1. The highest BCUT2D eigenvalue weighted by molar-refractivity contribution is 5.80. The van der Waals surface area contributed by atoms with Crippen molar-refractivity contribution in [3.63, 3.8) is 0 Å². The SMILES string of the molecule is C[CH]C(CC)(Cc1ccc(-c2ccccc2)c(-c2noc(=O)[nH]2)c1)c1cccc(OCC)c1. The van der Waals surface area contributed by atoms with Gasteiger partial charge in [0, 0.05) is 11.0 Å². The highest BCUT2D eigenvalue weighted by Crippen LogP contribution is 2.38. The lowest BCUT2D eigenvalue weighted by Crippen LogP contribution is -2.28. The summed E-state index contributed by atoms with van der Waals surface area (Å²) in [5.41, 5.74) is 5.10. The third-order valence-corrected chi connectivity index (χ3v) is 6.29. The van der Waals surface area contributed by atoms with Crippen LogP contribution in [0, 0.1) is 6.42 Å². The zero-order chi connectivity index (χ0) is 23.3. The third-order valence-electron chi connectivity index (χ3n) is 6.29. The van der Waals surface area contributed by atoms with Gasteiger partial charge in [-0.1, -0.05) is 73.6 Å². The van der Waals surface area contributed by atoms with Crippen LogP contribution in [-0.4, -0.2) is 16.7 Å². The van der Waals surface area contributed by atoms with Crippen LogP contribution in [0.25, 0.3) is 22.5 Å². The molecular formula is C28H29N2O3. The van der Waals surface area contributed by atoms with Crippen molar-refractivity contribution in [2.75, 3.05) is 6.61 Å². The fraction of sp³-hybridized carbons (Fsp3) is 0.250. The monoisotopic (exact) mass is 441 g/mol. The molecule has 4 rings (SSSR count). The molecule has 0 amide bonds. The number of hydrogen-bond acceptors (Lipinski definition) is 4. The van der Waals surface area contributed by atoms with E-state index in [-0.39, 0.29) is 5.41 Å². The second-order valence-corrected chi connectivity index (χ2v) is 8.13. The smallest absolute Gasteiger partial charge is 0.439 e. The highest BCUT2D eigenvalue weighted by Gasteiger charge is 2.30. The molecule has 3 aromatic carbocycles. The first-order valence-corrected chi connectivity index (χ1v) is 11.4. The lowest BCUT2D eigenvalue weighted by Gasteiger charge is -2.33. The van der Waals surface area contributed by atoms with E-state index in [1.807, 2.05) is 43.3 Å². The Morgan fingerprint density at radius 3 is 2.48 bits per heavy atom. The van der Waals surface area contributed by atoms with E-state index in [0.717, 1.165) is 40.8 Å². The van der Waals surface area contributed by atoms with E-state index in [2.05, 4.69) is 66.8 Å². The summed E-state index contributed by atoms with van der Waals surface area (Å²) < 4.78 is 10.6. The van der Waals surface area contributed by atoms with Gasteiger partial charge in [-0.25, -0.2) is 4.79 Å². The predicted octanol–water partition coefficient (Wildman–Crippen LogP) is 6.21. The minimum atomic E-state index is -0.563. The maximum atomic E-state index is 11.7. The zero-order valence-electron chi connectivity index (χ0n) is 19.3. The lowest BCUT2D eigenvalue weighted by molar-refractivity contribution is 0.338. The molecule has 1 radical (unpaired) electrons. The first kappa shape index (κ1) is 22.6. The number of aromatic amines is 1. The van der Waals surface area contributed by atoms with Crippen molar-refractivity contribution in [3.8, 4) is 28.3 Å². The van der Waals surface area contributed by atoms with Crippen LogP contribution in [0.3, 0.4) is 0 Å². The fourth-order valence-corrected chi connectivity index (χ4v) is 4.44. The normalized spacial score (nSPS) is 11.5. The van der Waals surface area contributed by atoms with Crippen LogP contribution in [0.15, 0.2) is 82.1 Å². The summed E-state index contributed by atoms with van der Waals surface area (Å²) in [5.74, 6) is 0.753. The van der Waals surface area contributed by atoms with E-state index < -0.39 is 5.76 Å². The molecule has 1 atom stereocenters. The Kier molecular flexibility index (Phi) is 6.78. The molecule has 5 nitrogen and oxygen atoms in total. The predicted molar refractivity (Wildman–Crippen MR) is 131 cm³/mol. The number of H-pyrrole nitrogens is 1. The molecule has 5 heteroatoms. The molecule has 169 valence electrons. The molecular weight excluding hydrogens is 412 g/mol. The van der Waals surface area contributed by atoms with Gasteiger partial charge in [-0.3, -0.25) is 9.51 Å². The molecule has 0 fully saturated rings. The molecule has 0 aliphatic heterocycles. The summed E-state index contributed by atoms with van der Waals surface area (Å²) >= 11 is 0.